The minimum absolute atomic E-state index is 0.473. The minimum Gasteiger partial charge on any atom is -0.382 e. The molecular formula is C6H10N4. The highest BCUT2D eigenvalue weighted by Gasteiger charge is 1.98. The van der Waals surface area contributed by atoms with Gasteiger partial charge in [-0.05, 0) is 6.07 Å². The maximum atomic E-state index is 5.48. The lowest BCUT2D eigenvalue weighted by molar-refractivity contribution is 0.764. The third-order valence-corrected chi connectivity index (χ3v) is 1.22. The maximum Gasteiger partial charge on any atom is 0.146 e. The summed E-state index contributed by atoms with van der Waals surface area (Å²) in [4.78, 5) is 3.79. The van der Waals surface area contributed by atoms with Crippen LogP contribution in [0.2, 0.25) is 0 Å². The van der Waals surface area contributed by atoms with Crippen molar-refractivity contribution in [2.45, 2.75) is 0 Å². The van der Waals surface area contributed by atoms with Gasteiger partial charge in [0.25, 0.3) is 0 Å². The van der Waals surface area contributed by atoms with E-state index in [4.69, 9.17) is 5.73 Å². The summed E-state index contributed by atoms with van der Waals surface area (Å²) >= 11 is 0. The molecule has 4 heteroatoms. The molecule has 1 rings (SSSR count). The van der Waals surface area contributed by atoms with Gasteiger partial charge in [-0.25, -0.2) is 0 Å². The molecule has 2 N–H and O–H groups in total. The molecule has 0 unspecified atom stereocenters. The van der Waals surface area contributed by atoms with Crippen molar-refractivity contribution in [2.24, 2.45) is 17.8 Å². The van der Waals surface area contributed by atoms with Gasteiger partial charge < -0.3 is 5.73 Å². The molecule has 1 heterocycles. The molecular weight excluding hydrogens is 128 g/mol. The monoisotopic (exact) mass is 138 g/mol. The molecule has 0 aliphatic carbocycles. The molecule has 0 spiro atoms. The Hall–Kier alpha value is -1.32. The van der Waals surface area contributed by atoms with E-state index in [1.807, 2.05) is 19.3 Å². The molecule has 0 atom stereocenters. The number of hydrogen-bond donors (Lipinski definition) is 1. The predicted octanol–water partition coefficient (Wildman–Crippen LogP) is -0.245. The Morgan fingerprint density at radius 1 is 1.80 bits per heavy atom. The quantitative estimate of drug-likeness (QED) is 0.430. The topological polar surface area (TPSA) is 56.2 Å². The molecule has 54 valence electrons. The fraction of sp³-hybridized carbons (Fsp3) is 0.333. The Morgan fingerprint density at radius 3 is 2.90 bits per heavy atom. The lowest BCUT2D eigenvalue weighted by atomic mass is 10.4. The Morgan fingerprint density at radius 2 is 2.50 bits per heavy atom. The van der Waals surface area contributed by atoms with E-state index in [-0.39, 0.29) is 0 Å². The highest BCUT2D eigenvalue weighted by molar-refractivity contribution is 5.95. The molecule has 10 heavy (non-hydrogen) atoms. The van der Waals surface area contributed by atoms with Gasteiger partial charge in [0.1, 0.15) is 11.5 Å². The van der Waals surface area contributed by atoms with E-state index in [1.54, 1.807) is 11.7 Å². The highest BCUT2D eigenvalue weighted by atomic mass is 15.3. The molecule has 0 aliphatic rings. The van der Waals surface area contributed by atoms with Gasteiger partial charge in [-0.15, -0.1) is 0 Å². The number of aliphatic imine (C=N–C) groups is 1. The Bertz CT molecular complexity index is 248. The third-order valence-electron chi connectivity index (χ3n) is 1.22. The number of nitrogens with zero attached hydrogens (tertiary/aromatic N) is 3. The van der Waals surface area contributed by atoms with Gasteiger partial charge in [0.05, 0.1) is 0 Å². The van der Waals surface area contributed by atoms with Gasteiger partial charge in [0.15, 0.2) is 0 Å². The van der Waals surface area contributed by atoms with Crippen LogP contribution in [0.3, 0.4) is 0 Å². The summed E-state index contributed by atoms with van der Waals surface area (Å²) in [6, 6.07) is 1.82. The van der Waals surface area contributed by atoms with Gasteiger partial charge in [0.2, 0.25) is 0 Å². The number of hydrogen-bond acceptors (Lipinski definition) is 2. The molecule has 0 radical (unpaired) electrons. The van der Waals surface area contributed by atoms with Gasteiger partial charge in [-0.2, -0.15) is 5.10 Å². The summed E-state index contributed by atoms with van der Waals surface area (Å²) < 4.78 is 1.69. The molecule has 0 amide bonds. The second kappa shape index (κ2) is 2.51. The lowest BCUT2D eigenvalue weighted by Crippen LogP contribution is -2.13. The van der Waals surface area contributed by atoms with Gasteiger partial charge >= 0.3 is 0 Å². The molecule has 0 fully saturated rings. The molecule has 1 aromatic heterocycles. The number of aryl methyl sites for hydroxylation is 1. The maximum absolute atomic E-state index is 5.48. The Labute approximate surface area is 59.4 Å². The van der Waals surface area contributed by atoms with Crippen molar-refractivity contribution in [3.8, 4) is 0 Å². The number of nitrogens with two attached hydrogens (primary N) is 1. The molecule has 0 saturated heterocycles. The van der Waals surface area contributed by atoms with E-state index >= 15 is 0 Å². The standard InChI is InChI=1S/C6H10N4/c1-8-6(7)5-3-4-10(2)9-5/h3-4H,1-2H3,(H2,7,8). The van der Waals surface area contributed by atoms with Crippen molar-refractivity contribution in [1.29, 1.82) is 0 Å². The molecule has 0 saturated carbocycles. The van der Waals surface area contributed by atoms with Gasteiger partial charge in [-0.3, -0.25) is 9.67 Å². The molecule has 0 aromatic carbocycles. The van der Waals surface area contributed by atoms with E-state index in [9.17, 15) is 0 Å². The van der Waals surface area contributed by atoms with Crippen molar-refractivity contribution >= 4 is 5.84 Å². The average molecular weight is 138 g/mol. The summed E-state index contributed by atoms with van der Waals surface area (Å²) in [6.45, 7) is 0. The normalized spacial score (nSPS) is 12.0. The fourth-order valence-corrected chi connectivity index (χ4v) is 0.666. The van der Waals surface area contributed by atoms with Crippen molar-refractivity contribution < 1.29 is 0 Å². The summed E-state index contributed by atoms with van der Waals surface area (Å²) in [5.41, 5.74) is 6.21. The first-order valence-electron chi connectivity index (χ1n) is 2.96. The zero-order chi connectivity index (χ0) is 7.56. The summed E-state index contributed by atoms with van der Waals surface area (Å²) in [5, 5.41) is 4.04. The summed E-state index contributed by atoms with van der Waals surface area (Å²) in [7, 11) is 3.48. The number of aromatic nitrogens is 2. The average Bonchev–Trinajstić information content (AvgIpc) is 2.34. The first kappa shape index (κ1) is 6.80. The van der Waals surface area contributed by atoms with Crippen LogP contribution in [-0.2, 0) is 7.05 Å². The Kier molecular flexibility index (Phi) is 1.71. The molecule has 4 nitrogen and oxygen atoms in total. The predicted molar refractivity (Wildman–Crippen MR) is 39.9 cm³/mol. The van der Waals surface area contributed by atoms with Crippen LogP contribution in [0.25, 0.3) is 0 Å². The lowest BCUT2D eigenvalue weighted by Gasteiger charge is -1.90. The zero-order valence-electron chi connectivity index (χ0n) is 6.07. The van der Waals surface area contributed by atoms with Crippen LogP contribution in [0.4, 0.5) is 0 Å². The van der Waals surface area contributed by atoms with E-state index in [2.05, 4.69) is 10.1 Å². The molecule has 0 aliphatic heterocycles. The minimum atomic E-state index is 0.473. The largest absolute Gasteiger partial charge is 0.382 e. The second-order valence-electron chi connectivity index (χ2n) is 1.98. The van der Waals surface area contributed by atoms with Crippen LogP contribution in [0.1, 0.15) is 5.69 Å². The summed E-state index contributed by atoms with van der Waals surface area (Å²) in [5.74, 6) is 0.473. The highest BCUT2D eigenvalue weighted by Crippen LogP contribution is 1.91. The first-order valence-corrected chi connectivity index (χ1v) is 2.96. The van der Waals surface area contributed by atoms with Gasteiger partial charge in [-0.1, -0.05) is 0 Å². The van der Waals surface area contributed by atoms with Crippen molar-refractivity contribution in [2.75, 3.05) is 7.05 Å². The van der Waals surface area contributed by atoms with Crippen LogP contribution in [0, 0.1) is 0 Å². The smallest absolute Gasteiger partial charge is 0.146 e. The number of amidine groups is 1. The van der Waals surface area contributed by atoms with Crippen LogP contribution in [0.15, 0.2) is 17.3 Å². The van der Waals surface area contributed by atoms with E-state index in [0.717, 1.165) is 5.69 Å². The SMILES string of the molecule is CN=C(N)c1ccn(C)n1. The van der Waals surface area contributed by atoms with Crippen LogP contribution in [0.5, 0.6) is 0 Å². The zero-order valence-corrected chi connectivity index (χ0v) is 6.07. The summed E-state index contributed by atoms with van der Waals surface area (Å²) in [6.07, 6.45) is 1.83. The Balaban J connectivity index is 2.95. The van der Waals surface area contributed by atoms with Crippen LogP contribution >= 0.6 is 0 Å². The van der Waals surface area contributed by atoms with Gasteiger partial charge in [0, 0.05) is 20.3 Å². The second-order valence-corrected chi connectivity index (χ2v) is 1.98. The van der Waals surface area contributed by atoms with Crippen molar-refractivity contribution in [1.82, 2.24) is 9.78 Å². The van der Waals surface area contributed by atoms with Crippen LogP contribution < -0.4 is 5.73 Å². The van der Waals surface area contributed by atoms with E-state index < -0.39 is 0 Å². The van der Waals surface area contributed by atoms with Crippen molar-refractivity contribution in [3.63, 3.8) is 0 Å². The molecule has 1 aromatic rings. The van der Waals surface area contributed by atoms with E-state index in [0.29, 0.717) is 5.84 Å². The first-order chi connectivity index (χ1) is 4.74. The van der Waals surface area contributed by atoms with Crippen LogP contribution in [-0.4, -0.2) is 22.7 Å². The van der Waals surface area contributed by atoms with E-state index in [1.165, 1.54) is 0 Å². The molecule has 0 bridgehead atoms. The third kappa shape index (κ3) is 1.15. The number of rotatable bonds is 1. The fourth-order valence-electron chi connectivity index (χ4n) is 0.666. The van der Waals surface area contributed by atoms with Crippen molar-refractivity contribution in [3.05, 3.63) is 18.0 Å².